The summed E-state index contributed by atoms with van der Waals surface area (Å²) in [5.74, 6) is -0.821. The molecule has 4 rings (SSSR count). The number of aromatic nitrogens is 2. The number of carbonyl (C=O) groups is 1. The minimum atomic E-state index is -0.821. The molecule has 124 valence electrons. The molecule has 0 bridgehead atoms. The summed E-state index contributed by atoms with van der Waals surface area (Å²) in [6, 6.07) is 18.8. The molecule has 0 aliphatic heterocycles. The van der Waals surface area contributed by atoms with Gasteiger partial charge in [0.1, 0.15) is 0 Å². The normalized spacial score (nSPS) is 11.0. The van der Waals surface area contributed by atoms with Crippen LogP contribution in [0, 0.1) is 0 Å². The van der Waals surface area contributed by atoms with E-state index in [0.29, 0.717) is 0 Å². The van der Waals surface area contributed by atoms with E-state index in [1.54, 1.807) is 0 Å². The summed E-state index contributed by atoms with van der Waals surface area (Å²) in [5.41, 5.74) is 4.52. The van der Waals surface area contributed by atoms with Gasteiger partial charge in [0.15, 0.2) is 4.96 Å². The van der Waals surface area contributed by atoms with Crippen molar-refractivity contribution < 1.29 is 9.90 Å². The Hall–Kier alpha value is -2.92. The van der Waals surface area contributed by atoms with Gasteiger partial charge in [-0.25, -0.2) is 4.98 Å². The highest BCUT2D eigenvalue weighted by Crippen LogP contribution is 2.25. The maximum atomic E-state index is 10.8. The Balaban J connectivity index is 1.54. The number of carboxylic acids is 1. The molecule has 0 fully saturated rings. The van der Waals surface area contributed by atoms with Crippen molar-refractivity contribution >= 4 is 22.3 Å². The largest absolute Gasteiger partial charge is 0.481 e. The number of fused-ring (bicyclic) bond motifs is 1. The zero-order valence-corrected chi connectivity index (χ0v) is 14.2. The molecule has 2 aromatic heterocycles. The second kappa shape index (κ2) is 6.53. The summed E-state index contributed by atoms with van der Waals surface area (Å²) in [7, 11) is 0. The average Bonchev–Trinajstić information content (AvgIpc) is 3.14. The first-order chi connectivity index (χ1) is 12.2. The molecule has 0 saturated carbocycles. The summed E-state index contributed by atoms with van der Waals surface area (Å²) in [6.07, 6.45) is 4.74. The van der Waals surface area contributed by atoms with Crippen molar-refractivity contribution in [1.82, 2.24) is 9.38 Å². The number of imidazole rings is 1. The van der Waals surface area contributed by atoms with E-state index in [1.165, 1.54) is 22.5 Å². The van der Waals surface area contributed by atoms with E-state index in [-0.39, 0.29) is 6.42 Å². The Morgan fingerprint density at radius 3 is 2.40 bits per heavy atom. The lowest BCUT2D eigenvalue weighted by atomic mass is 10.0. The van der Waals surface area contributed by atoms with Crippen LogP contribution in [0.3, 0.4) is 0 Å². The highest BCUT2D eigenvalue weighted by molar-refractivity contribution is 7.17. The van der Waals surface area contributed by atoms with Crippen molar-refractivity contribution in [3.8, 4) is 11.3 Å². The van der Waals surface area contributed by atoms with Gasteiger partial charge in [-0.3, -0.25) is 9.20 Å². The molecule has 0 spiro atoms. The van der Waals surface area contributed by atoms with Crippen molar-refractivity contribution in [2.24, 2.45) is 0 Å². The maximum absolute atomic E-state index is 10.8. The quantitative estimate of drug-likeness (QED) is 0.586. The molecule has 4 nitrogen and oxygen atoms in total. The molecule has 25 heavy (non-hydrogen) atoms. The van der Waals surface area contributed by atoms with Crippen molar-refractivity contribution in [2.45, 2.75) is 12.8 Å². The standard InChI is InChI=1S/C20H16N2O2S/c23-19(24)11-17-12-22-13-18(21-20(22)25-17)16-8-6-15(7-9-16)10-14-4-2-1-3-5-14/h1-9,12-13H,10-11H2,(H,23,24). The third kappa shape index (κ3) is 3.46. The summed E-state index contributed by atoms with van der Waals surface area (Å²) in [5, 5.41) is 8.87. The van der Waals surface area contributed by atoms with Crippen LogP contribution < -0.4 is 0 Å². The fourth-order valence-corrected chi connectivity index (χ4v) is 3.79. The van der Waals surface area contributed by atoms with Crippen LogP contribution in [0.25, 0.3) is 16.2 Å². The molecule has 0 aliphatic rings. The number of benzene rings is 2. The van der Waals surface area contributed by atoms with Gasteiger partial charge >= 0.3 is 5.97 Å². The minimum Gasteiger partial charge on any atom is -0.481 e. The summed E-state index contributed by atoms with van der Waals surface area (Å²) < 4.78 is 1.90. The monoisotopic (exact) mass is 348 g/mol. The van der Waals surface area contributed by atoms with Gasteiger partial charge in [0.25, 0.3) is 0 Å². The van der Waals surface area contributed by atoms with Crippen LogP contribution in [-0.2, 0) is 17.6 Å². The van der Waals surface area contributed by atoms with Crippen molar-refractivity contribution in [3.05, 3.63) is 83.0 Å². The van der Waals surface area contributed by atoms with Gasteiger partial charge in [0.05, 0.1) is 12.1 Å². The molecular weight excluding hydrogens is 332 g/mol. The van der Waals surface area contributed by atoms with Gasteiger partial charge in [-0.1, -0.05) is 54.6 Å². The number of hydrogen-bond donors (Lipinski definition) is 1. The van der Waals surface area contributed by atoms with E-state index in [4.69, 9.17) is 5.11 Å². The highest BCUT2D eigenvalue weighted by atomic mass is 32.1. The Morgan fingerprint density at radius 2 is 1.72 bits per heavy atom. The van der Waals surface area contributed by atoms with Crippen LogP contribution in [0.5, 0.6) is 0 Å². The predicted octanol–water partition coefficient (Wildman–Crippen LogP) is 4.28. The summed E-state index contributed by atoms with van der Waals surface area (Å²) in [4.78, 5) is 17.0. The molecule has 2 heterocycles. The molecule has 0 atom stereocenters. The Bertz CT molecular complexity index is 985. The first-order valence-corrected chi connectivity index (χ1v) is 8.81. The Morgan fingerprint density at radius 1 is 1.00 bits per heavy atom. The summed E-state index contributed by atoms with van der Waals surface area (Å²) >= 11 is 1.42. The van der Waals surface area contributed by atoms with Crippen molar-refractivity contribution in [1.29, 1.82) is 0 Å². The van der Waals surface area contributed by atoms with E-state index in [0.717, 1.165) is 27.5 Å². The zero-order valence-electron chi connectivity index (χ0n) is 13.4. The Kier molecular flexibility index (Phi) is 4.07. The van der Waals surface area contributed by atoms with E-state index >= 15 is 0 Å². The van der Waals surface area contributed by atoms with Crippen LogP contribution in [0.4, 0.5) is 0 Å². The number of rotatable bonds is 5. The summed E-state index contributed by atoms with van der Waals surface area (Å²) in [6.45, 7) is 0. The minimum absolute atomic E-state index is 0.0392. The van der Waals surface area contributed by atoms with Crippen molar-refractivity contribution in [3.63, 3.8) is 0 Å². The molecule has 0 saturated heterocycles. The second-order valence-electron chi connectivity index (χ2n) is 5.94. The van der Waals surface area contributed by atoms with Crippen LogP contribution in [0.2, 0.25) is 0 Å². The molecule has 0 radical (unpaired) electrons. The SMILES string of the molecule is O=C(O)Cc1cn2cc(-c3ccc(Cc4ccccc4)cc3)nc2s1. The van der Waals surface area contributed by atoms with Crippen LogP contribution >= 0.6 is 11.3 Å². The number of nitrogens with zero attached hydrogens (tertiary/aromatic N) is 2. The number of hydrogen-bond acceptors (Lipinski definition) is 3. The Labute approximate surface area is 149 Å². The fraction of sp³-hybridized carbons (Fsp3) is 0.100. The van der Waals surface area contributed by atoms with Gasteiger partial charge in [0.2, 0.25) is 0 Å². The first-order valence-electron chi connectivity index (χ1n) is 8.00. The topological polar surface area (TPSA) is 54.6 Å². The van der Waals surface area contributed by atoms with Crippen LogP contribution in [-0.4, -0.2) is 20.5 Å². The second-order valence-corrected chi connectivity index (χ2v) is 7.04. The van der Waals surface area contributed by atoms with Gasteiger partial charge in [0, 0.05) is 22.8 Å². The highest BCUT2D eigenvalue weighted by Gasteiger charge is 2.10. The number of aliphatic carboxylic acids is 1. The van der Waals surface area contributed by atoms with Crippen molar-refractivity contribution in [2.75, 3.05) is 0 Å². The molecule has 0 amide bonds. The fourth-order valence-electron chi connectivity index (χ4n) is 2.84. The van der Waals surface area contributed by atoms with Crippen LogP contribution in [0.1, 0.15) is 16.0 Å². The molecule has 0 unspecified atom stereocenters. The third-order valence-corrected chi connectivity index (χ3v) is 5.03. The van der Waals surface area contributed by atoms with Gasteiger partial charge in [-0.05, 0) is 17.5 Å². The van der Waals surface area contributed by atoms with E-state index < -0.39 is 5.97 Å². The molecule has 1 N–H and O–H groups in total. The molecule has 4 aromatic rings. The van der Waals surface area contributed by atoms with Gasteiger partial charge in [-0.15, -0.1) is 11.3 Å². The number of thiazole rings is 1. The lowest BCUT2D eigenvalue weighted by Crippen LogP contribution is -1.97. The van der Waals surface area contributed by atoms with Crippen LogP contribution in [0.15, 0.2) is 67.0 Å². The smallest absolute Gasteiger partial charge is 0.308 e. The maximum Gasteiger partial charge on any atom is 0.308 e. The third-order valence-electron chi connectivity index (χ3n) is 4.03. The van der Waals surface area contributed by atoms with E-state index in [2.05, 4.69) is 53.5 Å². The molecule has 0 aliphatic carbocycles. The predicted molar refractivity (Wildman–Crippen MR) is 99.1 cm³/mol. The van der Waals surface area contributed by atoms with Gasteiger partial charge < -0.3 is 5.11 Å². The zero-order chi connectivity index (χ0) is 17.2. The lowest BCUT2D eigenvalue weighted by molar-refractivity contribution is -0.136. The molecule has 5 heteroatoms. The number of carboxylic acid groups (broad SMARTS) is 1. The molecular formula is C20H16N2O2S. The molecule has 2 aromatic carbocycles. The lowest BCUT2D eigenvalue weighted by Gasteiger charge is -2.03. The first kappa shape index (κ1) is 15.6. The van der Waals surface area contributed by atoms with E-state index in [9.17, 15) is 4.79 Å². The van der Waals surface area contributed by atoms with E-state index in [1.807, 2.05) is 22.9 Å². The van der Waals surface area contributed by atoms with Gasteiger partial charge in [-0.2, -0.15) is 0 Å². The average molecular weight is 348 g/mol.